The molecule has 0 bridgehead atoms. The summed E-state index contributed by atoms with van der Waals surface area (Å²) in [6, 6.07) is 0. The van der Waals surface area contributed by atoms with Crippen LogP contribution in [0, 0.1) is 11.8 Å². The van der Waals surface area contributed by atoms with Crippen molar-refractivity contribution in [1.82, 2.24) is 0 Å². The third-order valence-corrected chi connectivity index (χ3v) is 3.10. The van der Waals surface area contributed by atoms with Crippen molar-refractivity contribution in [2.45, 2.75) is 52.1 Å². The summed E-state index contributed by atoms with van der Waals surface area (Å²) in [7, 11) is 0. The molecule has 0 aromatic rings. The molecule has 76 valence electrons. The van der Waals surface area contributed by atoms with Gasteiger partial charge in [-0.1, -0.05) is 26.0 Å². The zero-order valence-corrected chi connectivity index (χ0v) is 8.87. The van der Waals surface area contributed by atoms with E-state index in [9.17, 15) is 5.11 Å². The molecule has 0 fully saturated rings. The van der Waals surface area contributed by atoms with E-state index in [1.807, 2.05) is 0 Å². The van der Waals surface area contributed by atoms with E-state index in [4.69, 9.17) is 0 Å². The number of hydrogen-bond acceptors (Lipinski definition) is 1. The summed E-state index contributed by atoms with van der Waals surface area (Å²) in [5, 5.41) is 9.63. The van der Waals surface area contributed by atoms with E-state index in [2.05, 4.69) is 26.0 Å². The van der Waals surface area contributed by atoms with Gasteiger partial charge < -0.3 is 5.11 Å². The highest BCUT2D eigenvalue weighted by Gasteiger charge is 2.17. The molecule has 0 aliphatic heterocycles. The first-order chi connectivity index (χ1) is 6.24. The van der Waals surface area contributed by atoms with E-state index < -0.39 is 0 Å². The smallest absolute Gasteiger partial charge is 0.0563 e. The van der Waals surface area contributed by atoms with Crippen LogP contribution in [0.2, 0.25) is 0 Å². The van der Waals surface area contributed by atoms with Crippen LogP contribution in [0.5, 0.6) is 0 Å². The van der Waals surface area contributed by atoms with Crippen molar-refractivity contribution >= 4 is 0 Å². The molecule has 0 heterocycles. The van der Waals surface area contributed by atoms with Gasteiger partial charge in [-0.25, -0.2) is 0 Å². The minimum absolute atomic E-state index is 0.102. The SMILES string of the molecule is CC[C@@H](O)[C@@H](C)CC1C=CCCC1. The Hall–Kier alpha value is -0.300. The first-order valence-corrected chi connectivity index (χ1v) is 5.58. The van der Waals surface area contributed by atoms with Gasteiger partial charge in [-0.2, -0.15) is 0 Å². The zero-order chi connectivity index (χ0) is 9.68. The minimum Gasteiger partial charge on any atom is -0.393 e. The maximum Gasteiger partial charge on any atom is 0.0563 e. The number of allylic oxidation sites excluding steroid dienone is 2. The molecule has 0 radical (unpaired) electrons. The molecule has 0 amide bonds. The topological polar surface area (TPSA) is 20.2 Å². The van der Waals surface area contributed by atoms with Crippen LogP contribution in [-0.4, -0.2) is 11.2 Å². The molecule has 13 heavy (non-hydrogen) atoms. The van der Waals surface area contributed by atoms with Crippen molar-refractivity contribution in [2.24, 2.45) is 11.8 Å². The Morgan fingerprint density at radius 1 is 1.54 bits per heavy atom. The van der Waals surface area contributed by atoms with Crippen LogP contribution in [0.1, 0.15) is 46.0 Å². The maximum absolute atomic E-state index is 9.63. The predicted octanol–water partition coefficient (Wildman–Crippen LogP) is 3.14. The molecule has 1 N–H and O–H groups in total. The molecule has 0 saturated carbocycles. The van der Waals surface area contributed by atoms with E-state index in [1.54, 1.807) is 0 Å². The lowest BCUT2D eigenvalue weighted by Crippen LogP contribution is -2.19. The summed E-state index contributed by atoms with van der Waals surface area (Å²) >= 11 is 0. The summed E-state index contributed by atoms with van der Waals surface area (Å²) < 4.78 is 0. The second-order valence-corrected chi connectivity index (χ2v) is 4.31. The predicted molar refractivity (Wildman–Crippen MR) is 56.6 cm³/mol. The fourth-order valence-electron chi connectivity index (χ4n) is 2.12. The lowest BCUT2D eigenvalue weighted by Gasteiger charge is -2.23. The Bertz CT molecular complexity index is 163. The van der Waals surface area contributed by atoms with Gasteiger partial charge in [0.15, 0.2) is 0 Å². The molecule has 0 aromatic carbocycles. The molecule has 1 aliphatic rings. The fourth-order valence-corrected chi connectivity index (χ4v) is 2.12. The van der Waals surface area contributed by atoms with E-state index >= 15 is 0 Å². The summed E-state index contributed by atoms with van der Waals surface area (Å²) in [5.74, 6) is 1.18. The third-order valence-electron chi connectivity index (χ3n) is 3.10. The van der Waals surface area contributed by atoms with Gasteiger partial charge in [-0.3, -0.25) is 0 Å². The number of aliphatic hydroxyl groups is 1. The van der Waals surface area contributed by atoms with Gasteiger partial charge in [0.25, 0.3) is 0 Å². The maximum atomic E-state index is 9.63. The Morgan fingerprint density at radius 2 is 2.31 bits per heavy atom. The van der Waals surface area contributed by atoms with Crippen LogP contribution in [0.25, 0.3) is 0 Å². The van der Waals surface area contributed by atoms with Crippen molar-refractivity contribution in [3.63, 3.8) is 0 Å². The van der Waals surface area contributed by atoms with Crippen molar-refractivity contribution < 1.29 is 5.11 Å². The number of aliphatic hydroxyl groups excluding tert-OH is 1. The Morgan fingerprint density at radius 3 is 2.85 bits per heavy atom. The van der Waals surface area contributed by atoms with Gasteiger partial charge in [0.05, 0.1) is 6.10 Å². The van der Waals surface area contributed by atoms with Gasteiger partial charge in [-0.15, -0.1) is 0 Å². The summed E-state index contributed by atoms with van der Waals surface area (Å²) in [5.41, 5.74) is 0. The molecule has 1 aliphatic carbocycles. The molecule has 1 nitrogen and oxygen atoms in total. The molecule has 0 aromatic heterocycles. The largest absolute Gasteiger partial charge is 0.393 e. The molecule has 1 rings (SSSR count). The van der Waals surface area contributed by atoms with Gasteiger partial charge in [0, 0.05) is 0 Å². The summed E-state index contributed by atoms with van der Waals surface area (Å²) in [4.78, 5) is 0. The standard InChI is InChI=1S/C12H22O/c1-3-12(13)10(2)9-11-7-5-4-6-8-11/h5,7,10-13H,3-4,6,8-9H2,1-2H3/t10-,11?,12+/m0/s1. The van der Waals surface area contributed by atoms with Crippen molar-refractivity contribution in [2.75, 3.05) is 0 Å². The monoisotopic (exact) mass is 182 g/mol. The molecule has 3 atom stereocenters. The molecule has 1 unspecified atom stereocenters. The van der Waals surface area contributed by atoms with Crippen molar-refractivity contribution in [3.05, 3.63) is 12.2 Å². The second kappa shape index (κ2) is 5.43. The highest BCUT2D eigenvalue weighted by Crippen LogP contribution is 2.25. The second-order valence-electron chi connectivity index (χ2n) is 4.31. The lowest BCUT2D eigenvalue weighted by atomic mass is 9.85. The summed E-state index contributed by atoms with van der Waals surface area (Å²) in [6.45, 7) is 4.22. The minimum atomic E-state index is -0.102. The Kier molecular flexibility index (Phi) is 4.51. The van der Waals surface area contributed by atoms with Crippen LogP contribution in [0.15, 0.2) is 12.2 Å². The molecule has 1 heteroatoms. The van der Waals surface area contributed by atoms with E-state index in [-0.39, 0.29) is 6.10 Å². The highest BCUT2D eigenvalue weighted by molar-refractivity contribution is 4.93. The van der Waals surface area contributed by atoms with Crippen LogP contribution in [-0.2, 0) is 0 Å². The highest BCUT2D eigenvalue weighted by atomic mass is 16.3. The van der Waals surface area contributed by atoms with E-state index in [0.717, 1.165) is 18.8 Å². The van der Waals surface area contributed by atoms with Crippen LogP contribution >= 0.6 is 0 Å². The van der Waals surface area contributed by atoms with E-state index in [0.29, 0.717) is 5.92 Å². The lowest BCUT2D eigenvalue weighted by molar-refractivity contribution is 0.100. The number of hydrogen-bond donors (Lipinski definition) is 1. The van der Waals surface area contributed by atoms with Crippen LogP contribution in [0.3, 0.4) is 0 Å². The summed E-state index contributed by atoms with van der Waals surface area (Å²) in [6.07, 6.45) is 10.5. The molecule has 0 saturated heterocycles. The fraction of sp³-hybridized carbons (Fsp3) is 0.833. The van der Waals surface area contributed by atoms with Gasteiger partial charge >= 0.3 is 0 Å². The van der Waals surface area contributed by atoms with Gasteiger partial charge in [0.2, 0.25) is 0 Å². The first-order valence-electron chi connectivity index (χ1n) is 5.58. The normalized spacial score (nSPS) is 27.2. The molecular formula is C12H22O. The number of rotatable bonds is 4. The Balaban J connectivity index is 2.30. The molecular weight excluding hydrogens is 160 g/mol. The van der Waals surface area contributed by atoms with Crippen molar-refractivity contribution in [3.8, 4) is 0 Å². The van der Waals surface area contributed by atoms with Crippen LogP contribution in [0.4, 0.5) is 0 Å². The van der Waals surface area contributed by atoms with Gasteiger partial charge in [-0.05, 0) is 43.9 Å². The average molecular weight is 182 g/mol. The Labute approximate surface area is 81.9 Å². The first kappa shape index (κ1) is 10.8. The average Bonchev–Trinajstić information content (AvgIpc) is 2.18. The van der Waals surface area contributed by atoms with Crippen molar-refractivity contribution in [1.29, 1.82) is 0 Å². The third kappa shape index (κ3) is 3.51. The quantitative estimate of drug-likeness (QED) is 0.662. The van der Waals surface area contributed by atoms with E-state index in [1.165, 1.54) is 19.3 Å². The van der Waals surface area contributed by atoms with Crippen LogP contribution < -0.4 is 0 Å². The molecule has 0 spiro atoms. The zero-order valence-electron chi connectivity index (χ0n) is 8.87. The van der Waals surface area contributed by atoms with Gasteiger partial charge in [0.1, 0.15) is 0 Å².